The third-order valence-electron chi connectivity index (χ3n) is 4.02. The molecule has 1 N–H and O–H groups in total. The van der Waals surface area contributed by atoms with Gasteiger partial charge in [-0.2, -0.15) is 10.2 Å². The van der Waals surface area contributed by atoms with E-state index in [1.165, 1.54) is 0 Å². The van der Waals surface area contributed by atoms with Gasteiger partial charge in [0.25, 0.3) is 0 Å². The van der Waals surface area contributed by atoms with Crippen LogP contribution in [0.2, 0.25) is 0 Å². The van der Waals surface area contributed by atoms with Gasteiger partial charge >= 0.3 is 0 Å². The van der Waals surface area contributed by atoms with E-state index in [0.29, 0.717) is 12.3 Å². The Kier molecular flexibility index (Phi) is 3.53. The molecule has 21 heavy (non-hydrogen) atoms. The van der Waals surface area contributed by atoms with Crippen molar-refractivity contribution in [1.29, 1.82) is 0 Å². The fraction of sp³-hybridized carbons (Fsp3) is 0.533. The molecule has 1 aliphatic rings. The van der Waals surface area contributed by atoms with E-state index in [0.717, 1.165) is 30.0 Å². The highest BCUT2D eigenvalue weighted by Crippen LogP contribution is 2.36. The number of anilines is 1. The number of aromatic nitrogens is 4. The van der Waals surface area contributed by atoms with E-state index >= 15 is 0 Å². The first kappa shape index (κ1) is 13.9. The van der Waals surface area contributed by atoms with Crippen LogP contribution >= 0.6 is 0 Å². The third kappa shape index (κ3) is 2.57. The van der Waals surface area contributed by atoms with E-state index in [2.05, 4.69) is 29.4 Å². The van der Waals surface area contributed by atoms with Gasteiger partial charge in [-0.15, -0.1) is 0 Å². The molecule has 1 aliphatic heterocycles. The van der Waals surface area contributed by atoms with Crippen molar-refractivity contribution < 1.29 is 4.79 Å². The highest BCUT2D eigenvalue weighted by Gasteiger charge is 2.31. The van der Waals surface area contributed by atoms with Crippen LogP contribution in [-0.2, 0) is 18.4 Å². The van der Waals surface area contributed by atoms with Gasteiger partial charge in [-0.05, 0) is 18.4 Å². The second kappa shape index (κ2) is 5.35. The van der Waals surface area contributed by atoms with Gasteiger partial charge in [0.05, 0.1) is 6.20 Å². The second-order valence-corrected chi connectivity index (χ2v) is 6.04. The van der Waals surface area contributed by atoms with E-state index in [4.69, 9.17) is 0 Å². The van der Waals surface area contributed by atoms with Gasteiger partial charge < -0.3 is 5.32 Å². The summed E-state index contributed by atoms with van der Waals surface area (Å²) in [5.41, 5.74) is 2.14. The van der Waals surface area contributed by atoms with E-state index in [1.807, 2.05) is 28.7 Å². The number of aryl methyl sites for hydroxylation is 2. The molecule has 1 amide bonds. The Balaban J connectivity index is 1.95. The van der Waals surface area contributed by atoms with Crippen LogP contribution in [0.5, 0.6) is 0 Å². The maximum atomic E-state index is 12.0. The Morgan fingerprint density at radius 2 is 2.24 bits per heavy atom. The monoisotopic (exact) mass is 287 g/mol. The lowest BCUT2D eigenvalue weighted by Gasteiger charge is -2.23. The Bertz CT molecular complexity index is 655. The largest absolute Gasteiger partial charge is 0.311 e. The summed E-state index contributed by atoms with van der Waals surface area (Å²) in [6.45, 7) is 5.20. The molecule has 2 aromatic heterocycles. The zero-order valence-electron chi connectivity index (χ0n) is 12.7. The minimum absolute atomic E-state index is 0.0362. The van der Waals surface area contributed by atoms with Crippen LogP contribution in [0.4, 0.5) is 5.82 Å². The molecule has 1 unspecified atom stereocenters. The van der Waals surface area contributed by atoms with Crippen molar-refractivity contribution in [1.82, 2.24) is 19.6 Å². The standard InChI is InChI=1S/C15H21N5O/c1-10(2)5-7-20-15-12(9-17-20)11(8-14(21)18-15)13-4-6-16-19(13)3/h4,6,9-11H,5,7-8H2,1-3H3,(H,18,21). The summed E-state index contributed by atoms with van der Waals surface area (Å²) in [5, 5.41) is 11.7. The van der Waals surface area contributed by atoms with Crippen LogP contribution in [-0.4, -0.2) is 25.5 Å². The summed E-state index contributed by atoms with van der Waals surface area (Å²) >= 11 is 0. The quantitative estimate of drug-likeness (QED) is 0.937. The lowest BCUT2D eigenvalue weighted by atomic mass is 9.91. The Hall–Kier alpha value is -2.11. The molecule has 0 aliphatic carbocycles. The molecule has 0 radical (unpaired) electrons. The summed E-state index contributed by atoms with van der Waals surface area (Å²) < 4.78 is 3.74. The van der Waals surface area contributed by atoms with Crippen molar-refractivity contribution in [3.8, 4) is 0 Å². The Morgan fingerprint density at radius 3 is 2.90 bits per heavy atom. The molecule has 112 valence electrons. The molecule has 6 heteroatoms. The van der Waals surface area contributed by atoms with Gasteiger partial charge in [-0.25, -0.2) is 4.68 Å². The average Bonchev–Trinajstić information content (AvgIpc) is 3.02. The smallest absolute Gasteiger partial charge is 0.226 e. The number of carbonyl (C=O) groups excluding carboxylic acids is 1. The predicted octanol–water partition coefficient (Wildman–Crippen LogP) is 2.14. The first-order valence-corrected chi connectivity index (χ1v) is 7.39. The van der Waals surface area contributed by atoms with E-state index in [-0.39, 0.29) is 11.8 Å². The summed E-state index contributed by atoms with van der Waals surface area (Å²) in [6, 6.07) is 1.97. The number of amides is 1. The minimum Gasteiger partial charge on any atom is -0.311 e. The summed E-state index contributed by atoms with van der Waals surface area (Å²) in [6.07, 6.45) is 5.14. The molecule has 2 aromatic rings. The van der Waals surface area contributed by atoms with Crippen LogP contribution in [0.25, 0.3) is 0 Å². The minimum atomic E-state index is 0.0362. The Morgan fingerprint density at radius 1 is 1.43 bits per heavy atom. The number of hydrogen-bond acceptors (Lipinski definition) is 3. The molecule has 0 saturated carbocycles. The van der Waals surface area contributed by atoms with Gasteiger partial charge in [-0.3, -0.25) is 9.48 Å². The van der Waals surface area contributed by atoms with Crippen molar-refractivity contribution in [3.05, 3.63) is 29.7 Å². The first-order chi connectivity index (χ1) is 10.1. The summed E-state index contributed by atoms with van der Waals surface area (Å²) in [4.78, 5) is 12.0. The molecule has 0 bridgehead atoms. The SMILES string of the molecule is CC(C)CCn1ncc2c1NC(=O)CC2c1ccnn1C. The van der Waals surface area contributed by atoms with Gasteiger partial charge in [0, 0.05) is 43.4 Å². The van der Waals surface area contributed by atoms with Crippen molar-refractivity contribution in [2.24, 2.45) is 13.0 Å². The topological polar surface area (TPSA) is 64.7 Å². The number of fused-ring (bicyclic) bond motifs is 1. The van der Waals surface area contributed by atoms with Crippen LogP contribution in [0, 0.1) is 5.92 Å². The normalized spacial score (nSPS) is 17.9. The third-order valence-corrected chi connectivity index (χ3v) is 4.02. The number of nitrogens with zero attached hydrogens (tertiary/aromatic N) is 4. The zero-order valence-corrected chi connectivity index (χ0v) is 12.7. The lowest BCUT2D eigenvalue weighted by Crippen LogP contribution is -2.26. The summed E-state index contributed by atoms with van der Waals surface area (Å²) in [7, 11) is 1.91. The van der Waals surface area contributed by atoms with Gasteiger partial charge in [0.2, 0.25) is 5.91 Å². The fourth-order valence-electron chi connectivity index (χ4n) is 2.81. The number of nitrogens with one attached hydrogen (secondary N) is 1. The van der Waals surface area contributed by atoms with Crippen molar-refractivity contribution >= 4 is 11.7 Å². The van der Waals surface area contributed by atoms with E-state index in [9.17, 15) is 4.79 Å². The van der Waals surface area contributed by atoms with Crippen molar-refractivity contribution in [3.63, 3.8) is 0 Å². The molecule has 0 spiro atoms. The first-order valence-electron chi connectivity index (χ1n) is 7.39. The van der Waals surface area contributed by atoms with Crippen LogP contribution in [0.15, 0.2) is 18.5 Å². The van der Waals surface area contributed by atoms with Crippen LogP contribution in [0.1, 0.15) is 43.9 Å². The van der Waals surface area contributed by atoms with E-state index in [1.54, 1.807) is 6.20 Å². The summed E-state index contributed by atoms with van der Waals surface area (Å²) in [5.74, 6) is 1.53. The highest BCUT2D eigenvalue weighted by molar-refractivity contribution is 5.94. The van der Waals surface area contributed by atoms with E-state index < -0.39 is 0 Å². The predicted molar refractivity (Wildman–Crippen MR) is 80.0 cm³/mol. The Labute approximate surface area is 124 Å². The molecule has 3 heterocycles. The van der Waals surface area contributed by atoms with Gasteiger partial charge in [0.15, 0.2) is 0 Å². The second-order valence-electron chi connectivity index (χ2n) is 6.04. The molecule has 3 rings (SSSR count). The van der Waals surface area contributed by atoms with Crippen molar-refractivity contribution in [2.45, 2.75) is 39.2 Å². The molecule has 0 aromatic carbocycles. The maximum Gasteiger partial charge on any atom is 0.226 e. The number of carbonyl (C=O) groups is 1. The van der Waals surface area contributed by atoms with Crippen LogP contribution < -0.4 is 5.32 Å². The fourth-order valence-corrected chi connectivity index (χ4v) is 2.81. The molecule has 0 saturated heterocycles. The number of hydrogen-bond donors (Lipinski definition) is 1. The zero-order chi connectivity index (χ0) is 15.0. The molecular weight excluding hydrogens is 266 g/mol. The van der Waals surface area contributed by atoms with Crippen LogP contribution in [0.3, 0.4) is 0 Å². The molecule has 1 atom stereocenters. The average molecular weight is 287 g/mol. The maximum absolute atomic E-state index is 12.0. The molecule has 6 nitrogen and oxygen atoms in total. The molecule has 0 fully saturated rings. The lowest BCUT2D eigenvalue weighted by molar-refractivity contribution is -0.116. The number of rotatable bonds is 4. The molecular formula is C15H21N5O. The van der Waals surface area contributed by atoms with Gasteiger partial charge in [0.1, 0.15) is 5.82 Å². The highest BCUT2D eigenvalue weighted by atomic mass is 16.1. The van der Waals surface area contributed by atoms with Gasteiger partial charge in [-0.1, -0.05) is 13.8 Å². The van der Waals surface area contributed by atoms with Crippen molar-refractivity contribution in [2.75, 3.05) is 5.32 Å².